The lowest BCUT2D eigenvalue weighted by Gasteiger charge is -2.12. The second kappa shape index (κ2) is 11.0. The summed E-state index contributed by atoms with van der Waals surface area (Å²) in [5.74, 6) is 0.491. The number of carbonyl (C=O) groups excluding carboxylic acids is 1. The minimum atomic E-state index is -0.286. The summed E-state index contributed by atoms with van der Waals surface area (Å²) in [5, 5.41) is 9.33. The molecule has 0 saturated carbocycles. The molecule has 0 saturated heterocycles. The van der Waals surface area contributed by atoms with Gasteiger partial charge in [-0.15, -0.1) is 0 Å². The van der Waals surface area contributed by atoms with Crippen molar-refractivity contribution < 1.29 is 13.6 Å². The molecular formula is C24H27FN4O2. The van der Waals surface area contributed by atoms with E-state index in [1.165, 1.54) is 12.3 Å². The first kappa shape index (κ1) is 22.1. The van der Waals surface area contributed by atoms with E-state index in [-0.39, 0.29) is 17.5 Å². The largest absolute Gasteiger partial charge is 0.459 e. The molecule has 0 aliphatic rings. The number of furan rings is 1. The van der Waals surface area contributed by atoms with Crippen LogP contribution < -0.4 is 16.0 Å². The number of hydrogen-bond donors (Lipinski definition) is 3. The van der Waals surface area contributed by atoms with Gasteiger partial charge in [0.1, 0.15) is 5.82 Å². The van der Waals surface area contributed by atoms with Crippen molar-refractivity contribution in [1.82, 2.24) is 10.6 Å². The number of rotatable bonds is 8. The maximum atomic E-state index is 13.2. The Morgan fingerprint density at radius 3 is 2.58 bits per heavy atom. The van der Waals surface area contributed by atoms with Crippen LogP contribution in [0, 0.1) is 12.7 Å². The molecule has 0 bridgehead atoms. The first-order chi connectivity index (χ1) is 15.0. The topological polar surface area (TPSA) is 78.7 Å². The van der Waals surface area contributed by atoms with E-state index in [4.69, 9.17) is 4.42 Å². The van der Waals surface area contributed by atoms with E-state index in [2.05, 4.69) is 20.9 Å². The summed E-state index contributed by atoms with van der Waals surface area (Å²) in [4.78, 5) is 16.6. The Morgan fingerprint density at radius 2 is 1.90 bits per heavy atom. The number of benzene rings is 2. The Balaban J connectivity index is 1.52. The Bertz CT molecular complexity index is 1010. The average molecular weight is 423 g/mol. The highest BCUT2D eigenvalue weighted by Crippen LogP contribution is 2.13. The highest BCUT2D eigenvalue weighted by atomic mass is 19.1. The second-order valence-corrected chi connectivity index (χ2v) is 7.07. The SMILES string of the molecule is CCNC(=NCc1ccc(NC(=O)c2ccco2)cc1)NCCc1ccc(F)cc1C. The summed E-state index contributed by atoms with van der Waals surface area (Å²) >= 11 is 0. The predicted molar refractivity (Wildman–Crippen MR) is 121 cm³/mol. The molecule has 31 heavy (non-hydrogen) atoms. The fourth-order valence-electron chi connectivity index (χ4n) is 3.06. The molecule has 0 aliphatic heterocycles. The number of anilines is 1. The molecule has 0 fully saturated rings. The van der Waals surface area contributed by atoms with Gasteiger partial charge in [0.05, 0.1) is 12.8 Å². The highest BCUT2D eigenvalue weighted by molar-refractivity contribution is 6.02. The Hall–Kier alpha value is -3.61. The van der Waals surface area contributed by atoms with Gasteiger partial charge in [-0.3, -0.25) is 4.79 Å². The van der Waals surface area contributed by atoms with Crippen molar-refractivity contribution in [3.05, 3.63) is 89.1 Å². The maximum Gasteiger partial charge on any atom is 0.291 e. The third-order valence-corrected chi connectivity index (χ3v) is 4.71. The monoisotopic (exact) mass is 422 g/mol. The van der Waals surface area contributed by atoms with Crippen molar-refractivity contribution >= 4 is 17.6 Å². The summed E-state index contributed by atoms with van der Waals surface area (Å²) in [6.45, 7) is 5.86. The fraction of sp³-hybridized carbons (Fsp3) is 0.250. The van der Waals surface area contributed by atoms with Gasteiger partial charge >= 0.3 is 0 Å². The maximum absolute atomic E-state index is 13.2. The van der Waals surface area contributed by atoms with Crippen LogP contribution in [0.1, 0.15) is 34.2 Å². The highest BCUT2D eigenvalue weighted by Gasteiger charge is 2.08. The molecule has 0 unspecified atom stereocenters. The van der Waals surface area contributed by atoms with Crippen LogP contribution in [0.5, 0.6) is 0 Å². The number of amides is 1. The fourth-order valence-corrected chi connectivity index (χ4v) is 3.06. The summed E-state index contributed by atoms with van der Waals surface area (Å²) in [5.41, 5.74) is 3.76. The van der Waals surface area contributed by atoms with Gasteiger partial charge in [0.2, 0.25) is 0 Å². The summed E-state index contributed by atoms with van der Waals surface area (Å²) in [6, 6.07) is 15.7. The Morgan fingerprint density at radius 1 is 1.10 bits per heavy atom. The van der Waals surface area contributed by atoms with Crippen molar-refractivity contribution in [3.63, 3.8) is 0 Å². The summed E-state index contributed by atoms with van der Waals surface area (Å²) < 4.78 is 18.3. The summed E-state index contributed by atoms with van der Waals surface area (Å²) in [7, 11) is 0. The molecule has 7 heteroatoms. The van der Waals surface area contributed by atoms with Crippen LogP contribution in [0.2, 0.25) is 0 Å². The quantitative estimate of drug-likeness (QED) is 0.374. The molecule has 3 N–H and O–H groups in total. The van der Waals surface area contributed by atoms with Gasteiger partial charge in [-0.2, -0.15) is 0 Å². The second-order valence-electron chi connectivity index (χ2n) is 7.07. The average Bonchev–Trinajstić information content (AvgIpc) is 3.30. The van der Waals surface area contributed by atoms with Crippen molar-refractivity contribution in [1.29, 1.82) is 0 Å². The molecule has 0 aliphatic carbocycles. The zero-order chi connectivity index (χ0) is 22.1. The molecule has 3 rings (SSSR count). The number of nitrogens with one attached hydrogen (secondary N) is 3. The molecule has 0 atom stereocenters. The van der Waals surface area contributed by atoms with Gasteiger partial charge in [0, 0.05) is 18.8 Å². The number of halogens is 1. The van der Waals surface area contributed by atoms with Gasteiger partial charge < -0.3 is 20.4 Å². The number of carbonyl (C=O) groups is 1. The van der Waals surface area contributed by atoms with E-state index >= 15 is 0 Å². The zero-order valence-corrected chi connectivity index (χ0v) is 17.7. The number of hydrogen-bond acceptors (Lipinski definition) is 3. The van der Waals surface area contributed by atoms with Gasteiger partial charge in [-0.1, -0.05) is 18.2 Å². The molecule has 1 aromatic heterocycles. The predicted octanol–water partition coefficient (Wildman–Crippen LogP) is 4.28. The Kier molecular flexibility index (Phi) is 7.81. The number of aryl methyl sites for hydroxylation is 1. The van der Waals surface area contributed by atoms with Crippen LogP contribution in [0.25, 0.3) is 0 Å². The van der Waals surface area contributed by atoms with Crippen LogP contribution in [0.3, 0.4) is 0 Å². The van der Waals surface area contributed by atoms with Crippen molar-refractivity contribution in [3.8, 4) is 0 Å². The smallest absolute Gasteiger partial charge is 0.291 e. The van der Waals surface area contributed by atoms with Gasteiger partial charge in [-0.25, -0.2) is 9.38 Å². The van der Waals surface area contributed by atoms with Gasteiger partial charge in [-0.05, 0) is 73.4 Å². The molecule has 6 nitrogen and oxygen atoms in total. The first-order valence-electron chi connectivity index (χ1n) is 10.3. The molecule has 3 aromatic rings. The van der Waals surface area contributed by atoms with E-state index < -0.39 is 0 Å². The first-order valence-corrected chi connectivity index (χ1v) is 10.3. The number of guanidine groups is 1. The molecule has 0 spiro atoms. The van der Waals surface area contributed by atoms with Crippen molar-refractivity contribution in [2.45, 2.75) is 26.8 Å². The van der Waals surface area contributed by atoms with Gasteiger partial charge in [0.15, 0.2) is 11.7 Å². The minimum absolute atomic E-state index is 0.212. The lowest BCUT2D eigenvalue weighted by atomic mass is 10.1. The lowest BCUT2D eigenvalue weighted by molar-refractivity contribution is 0.0996. The molecule has 0 radical (unpaired) electrons. The van der Waals surface area contributed by atoms with Crippen molar-refractivity contribution in [2.75, 3.05) is 18.4 Å². The van der Waals surface area contributed by atoms with Crippen LogP contribution in [-0.2, 0) is 13.0 Å². The number of aliphatic imine (C=N–C) groups is 1. The molecule has 1 amide bonds. The van der Waals surface area contributed by atoms with E-state index in [1.807, 2.05) is 44.2 Å². The zero-order valence-electron chi connectivity index (χ0n) is 17.7. The van der Waals surface area contributed by atoms with Crippen LogP contribution in [0.4, 0.5) is 10.1 Å². The van der Waals surface area contributed by atoms with E-state index in [9.17, 15) is 9.18 Å². The number of nitrogens with zero attached hydrogens (tertiary/aromatic N) is 1. The molecule has 1 heterocycles. The molecule has 2 aromatic carbocycles. The Labute approximate surface area is 181 Å². The molecule has 162 valence electrons. The van der Waals surface area contributed by atoms with Crippen LogP contribution in [0.15, 0.2) is 70.3 Å². The molecular weight excluding hydrogens is 395 g/mol. The lowest BCUT2D eigenvalue weighted by Crippen LogP contribution is -2.38. The third kappa shape index (κ3) is 6.70. The summed E-state index contributed by atoms with van der Waals surface area (Å²) in [6.07, 6.45) is 2.24. The van der Waals surface area contributed by atoms with E-state index in [0.29, 0.717) is 18.8 Å². The normalized spacial score (nSPS) is 11.3. The minimum Gasteiger partial charge on any atom is -0.459 e. The standard InChI is InChI=1S/C24H27FN4O2/c1-3-26-24(27-13-12-19-8-9-20(25)15-17(19)2)28-16-18-6-10-21(11-7-18)29-23(30)22-5-4-14-31-22/h4-11,14-15H,3,12-13,16H2,1-2H3,(H,29,30)(H2,26,27,28). The van der Waals surface area contributed by atoms with E-state index in [0.717, 1.165) is 35.6 Å². The van der Waals surface area contributed by atoms with Crippen molar-refractivity contribution in [2.24, 2.45) is 4.99 Å². The van der Waals surface area contributed by atoms with Crippen LogP contribution in [-0.4, -0.2) is 25.0 Å². The van der Waals surface area contributed by atoms with E-state index in [1.54, 1.807) is 18.2 Å². The third-order valence-electron chi connectivity index (χ3n) is 4.71. The van der Waals surface area contributed by atoms with Crippen LogP contribution >= 0.6 is 0 Å². The van der Waals surface area contributed by atoms with Gasteiger partial charge in [0.25, 0.3) is 5.91 Å².